The van der Waals surface area contributed by atoms with Gasteiger partial charge in [0.15, 0.2) is 0 Å². The lowest BCUT2D eigenvalue weighted by Gasteiger charge is -2.17. The molecule has 1 nitrogen and oxygen atoms in total. The summed E-state index contributed by atoms with van der Waals surface area (Å²) in [6, 6.07) is 6.42. The highest BCUT2D eigenvalue weighted by atomic mass is 79.9. The van der Waals surface area contributed by atoms with Crippen molar-refractivity contribution in [2.45, 2.75) is 25.8 Å². The van der Waals surface area contributed by atoms with Crippen LogP contribution in [0, 0.1) is 0 Å². The Morgan fingerprint density at radius 3 is 2.75 bits per heavy atom. The fourth-order valence-electron chi connectivity index (χ4n) is 1.60. The van der Waals surface area contributed by atoms with Crippen molar-refractivity contribution in [3.8, 4) is 0 Å². The van der Waals surface area contributed by atoms with E-state index < -0.39 is 0 Å². The van der Waals surface area contributed by atoms with E-state index in [0.717, 1.165) is 22.3 Å². The van der Waals surface area contributed by atoms with Crippen LogP contribution in [0.3, 0.4) is 0 Å². The number of rotatable bonds is 5. The molecular formula is C13H17BrClN. The van der Waals surface area contributed by atoms with Gasteiger partial charge in [-0.3, -0.25) is 0 Å². The summed E-state index contributed by atoms with van der Waals surface area (Å²) in [4.78, 5) is 0. The Hall–Kier alpha value is -0.310. The van der Waals surface area contributed by atoms with E-state index in [1.54, 1.807) is 0 Å². The molecule has 0 fully saturated rings. The molecule has 88 valence electrons. The number of hydrogen-bond donors (Lipinski definition) is 1. The zero-order chi connectivity index (χ0) is 12.1. The molecule has 0 aromatic heterocycles. The smallest absolute Gasteiger partial charge is 0.0551 e. The predicted octanol–water partition coefficient (Wildman–Crippen LogP) is 4.72. The molecule has 0 aliphatic carbocycles. The summed E-state index contributed by atoms with van der Waals surface area (Å²) in [7, 11) is 1.97. The SMILES string of the molecule is C=C(C)CCC(NC)c1ccc(Br)c(Cl)c1. The van der Waals surface area contributed by atoms with Crippen molar-refractivity contribution < 1.29 is 0 Å². The lowest BCUT2D eigenvalue weighted by atomic mass is 10.0. The van der Waals surface area contributed by atoms with Crippen LogP contribution >= 0.6 is 27.5 Å². The van der Waals surface area contributed by atoms with Crippen LogP contribution in [0.25, 0.3) is 0 Å². The number of hydrogen-bond acceptors (Lipinski definition) is 1. The maximum absolute atomic E-state index is 6.09. The molecule has 0 amide bonds. The Kier molecular flexibility index (Phi) is 5.53. The first-order valence-electron chi connectivity index (χ1n) is 5.31. The van der Waals surface area contributed by atoms with Gasteiger partial charge in [-0.15, -0.1) is 6.58 Å². The minimum absolute atomic E-state index is 0.335. The molecule has 0 radical (unpaired) electrons. The van der Waals surface area contributed by atoms with E-state index in [2.05, 4.69) is 40.8 Å². The van der Waals surface area contributed by atoms with E-state index in [0.29, 0.717) is 6.04 Å². The van der Waals surface area contributed by atoms with Crippen molar-refractivity contribution in [1.82, 2.24) is 5.32 Å². The Bertz CT molecular complexity index is 376. The van der Waals surface area contributed by atoms with Crippen LogP contribution in [0.5, 0.6) is 0 Å². The van der Waals surface area contributed by atoms with Gasteiger partial charge in [0.25, 0.3) is 0 Å². The minimum atomic E-state index is 0.335. The molecule has 1 aromatic carbocycles. The average molecular weight is 303 g/mol. The molecule has 0 saturated carbocycles. The van der Waals surface area contributed by atoms with E-state index in [4.69, 9.17) is 11.6 Å². The summed E-state index contributed by atoms with van der Waals surface area (Å²) < 4.78 is 0.938. The molecule has 16 heavy (non-hydrogen) atoms. The van der Waals surface area contributed by atoms with E-state index in [1.165, 1.54) is 11.1 Å². The van der Waals surface area contributed by atoms with Gasteiger partial charge < -0.3 is 5.32 Å². The maximum Gasteiger partial charge on any atom is 0.0551 e. The average Bonchev–Trinajstić information content (AvgIpc) is 2.23. The second-order valence-electron chi connectivity index (χ2n) is 4.01. The molecule has 1 unspecified atom stereocenters. The highest BCUT2D eigenvalue weighted by molar-refractivity contribution is 9.10. The zero-order valence-electron chi connectivity index (χ0n) is 9.69. The van der Waals surface area contributed by atoms with Crippen LogP contribution in [-0.4, -0.2) is 7.05 Å². The molecule has 1 rings (SSSR count). The third-order valence-electron chi connectivity index (χ3n) is 2.55. The van der Waals surface area contributed by atoms with Crippen LogP contribution < -0.4 is 5.32 Å². The molecule has 1 N–H and O–H groups in total. The highest BCUT2D eigenvalue weighted by Gasteiger charge is 2.10. The standard InChI is InChI=1S/C13H17BrClN/c1-9(2)4-7-13(16-3)10-5-6-11(14)12(15)8-10/h5-6,8,13,16H,1,4,7H2,2-3H3. The van der Waals surface area contributed by atoms with Gasteiger partial charge in [-0.25, -0.2) is 0 Å². The van der Waals surface area contributed by atoms with Crippen molar-refractivity contribution in [2.24, 2.45) is 0 Å². The number of benzene rings is 1. The van der Waals surface area contributed by atoms with Crippen LogP contribution in [0.2, 0.25) is 5.02 Å². The lowest BCUT2D eigenvalue weighted by Crippen LogP contribution is -2.16. The molecule has 0 spiro atoms. The van der Waals surface area contributed by atoms with E-state index >= 15 is 0 Å². The Morgan fingerprint density at radius 1 is 1.56 bits per heavy atom. The fourth-order valence-corrected chi connectivity index (χ4v) is 2.03. The van der Waals surface area contributed by atoms with Gasteiger partial charge in [0, 0.05) is 10.5 Å². The summed E-state index contributed by atoms with van der Waals surface area (Å²) >= 11 is 9.48. The molecule has 1 aromatic rings. The van der Waals surface area contributed by atoms with Gasteiger partial charge in [0.2, 0.25) is 0 Å². The third-order valence-corrected chi connectivity index (χ3v) is 3.79. The first-order chi connectivity index (χ1) is 7.54. The Labute approximate surface area is 111 Å². The van der Waals surface area contributed by atoms with Gasteiger partial charge >= 0.3 is 0 Å². The zero-order valence-corrected chi connectivity index (χ0v) is 12.0. The van der Waals surface area contributed by atoms with E-state index in [1.807, 2.05) is 19.2 Å². The van der Waals surface area contributed by atoms with Crippen LogP contribution in [0.15, 0.2) is 34.8 Å². The van der Waals surface area contributed by atoms with Gasteiger partial charge in [-0.05, 0) is 60.4 Å². The van der Waals surface area contributed by atoms with E-state index in [9.17, 15) is 0 Å². The van der Waals surface area contributed by atoms with Crippen molar-refractivity contribution in [1.29, 1.82) is 0 Å². The first-order valence-corrected chi connectivity index (χ1v) is 6.48. The molecular weight excluding hydrogens is 286 g/mol. The van der Waals surface area contributed by atoms with Crippen LogP contribution in [0.1, 0.15) is 31.4 Å². The third kappa shape index (κ3) is 3.93. The molecule has 0 aliphatic heterocycles. The number of allylic oxidation sites excluding steroid dienone is 1. The summed E-state index contributed by atoms with van der Waals surface area (Å²) in [6.07, 6.45) is 2.07. The quantitative estimate of drug-likeness (QED) is 0.776. The van der Waals surface area contributed by atoms with E-state index in [-0.39, 0.29) is 0 Å². The second kappa shape index (κ2) is 6.43. The van der Waals surface area contributed by atoms with Crippen molar-refractivity contribution in [2.75, 3.05) is 7.05 Å². The Balaban J connectivity index is 2.78. The first kappa shape index (κ1) is 13.8. The summed E-state index contributed by atoms with van der Waals surface area (Å²) in [5.41, 5.74) is 2.43. The fraction of sp³-hybridized carbons (Fsp3) is 0.385. The molecule has 0 heterocycles. The molecule has 1 atom stereocenters. The second-order valence-corrected chi connectivity index (χ2v) is 5.27. The number of nitrogens with one attached hydrogen (secondary N) is 1. The van der Waals surface area contributed by atoms with Gasteiger partial charge in [0.05, 0.1) is 5.02 Å². The molecule has 0 aliphatic rings. The van der Waals surface area contributed by atoms with Crippen molar-refractivity contribution in [3.63, 3.8) is 0 Å². The highest BCUT2D eigenvalue weighted by Crippen LogP contribution is 2.28. The minimum Gasteiger partial charge on any atom is -0.313 e. The van der Waals surface area contributed by atoms with Gasteiger partial charge in [-0.1, -0.05) is 23.2 Å². The van der Waals surface area contributed by atoms with Crippen LogP contribution in [-0.2, 0) is 0 Å². The summed E-state index contributed by atoms with van der Waals surface area (Å²) in [6.45, 7) is 5.98. The molecule has 3 heteroatoms. The summed E-state index contributed by atoms with van der Waals surface area (Å²) in [5, 5.41) is 4.06. The summed E-state index contributed by atoms with van der Waals surface area (Å²) in [5.74, 6) is 0. The van der Waals surface area contributed by atoms with Crippen molar-refractivity contribution >= 4 is 27.5 Å². The molecule has 0 saturated heterocycles. The normalized spacial score (nSPS) is 12.5. The van der Waals surface area contributed by atoms with Gasteiger partial charge in [0.1, 0.15) is 0 Å². The largest absolute Gasteiger partial charge is 0.313 e. The lowest BCUT2D eigenvalue weighted by molar-refractivity contribution is 0.548. The van der Waals surface area contributed by atoms with Crippen molar-refractivity contribution in [3.05, 3.63) is 45.4 Å². The topological polar surface area (TPSA) is 12.0 Å². The number of halogens is 2. The maximum atomic E-state index is 6.09. The Morgan fingerprint density at radius 2 is 2.25 bits per heavy atom. The van der Waals surface area contributed by atoms with Gasteiger partial charge in [-0.2, -0.15) is 0 Å². The molecule has 0 bridgehead atoms. The predicted molar refractivity (Wildman–Crippen MR) is 75.0 cm³/mol. The monoisotopic (exact) mass is 301 g/mol. The van der Waals surface area contributed by atoms with Crippen LogP contribution in [0.4, 0.5) is 0 Å².